The number of aromatic amines is 1. The Morgan fingerprint density at radius 2 is 2.29 bits per heavy atom. The Balaban J connectivity index is 2.24. The Hall–Kier alpha value is -1.89. The summed E-state index contributed by atoms with van der Waals surface area (Å²) in [5.41, 5.74) is 6.30. The van der Waals surface area contributed by atoms with Crippen LogP contribution in [0.1, 0.15) is 6.92 Å². The summed E-state index contributed by atoms with van der Waals surface area (Å²) in [6.45, 7) is 4.07. The molecule has 2 heterocycles. The Bertz CT molecular complexity index is 497. The molecule has 2 rings (SSSR count). The zero-order valence-electron chi connectivity index (χ0n) is 9.97. The minimum atomic E-state index is 0.236. The molecule has 0 unspecified atom stereocenters. The number of nitrogens with zero attached hydrogens (tertiary/aromatic N) is 4. The zero-order valence-corrected chi connectivity index (χ0v) is 9.97. The first-order chi connectivity index (χ1) is 8.22. The fourth-order valence-electron chi connectivity index (χ4n) is 1.58. The summed E-state index contributed by atoms with van der Waals surface area (Å²) in [6, 6.07) is 0. The van der Waals surface area contributed by atoms with Gasteiger partial charge in [0.05, 0.1) is 18.2 Å². The number of nitrogen functional groups attached to an aromatic ring is 1. The molecule has 0 aliphatic carbocycles. The number of fused-ring (bicyclic) bond motifs is 1. The predicted molar refractivity (Wildman–Crippen MR) is 65.9 cm³/mol. The molecule has 0 aliphatic rings. The van der Waals surface area contributed by atoms with E-state index in [1.165, 1.54) is 0 Å². The zero-order chi connectivity index (χ0) is 12.3. The highest BCUT2D eigenvalue weighted by molar-refractivity contribution is 5.87. The van der Waals surface area contributed by atoms with E-state index >= 15 is 0 Å². The summed E-state index contributed by atoms with van der Waals surface area (Å²) in [4.78, 5) is 10.3. The number of likely N-dealkylation sites (N-methyl/N-ethyl adjacent to an activating group) is 1. The first kappa shape index (κ1) is 11.6. The maximum Gasteiger partial charge on any atom is 0.224 e. The average Bonchev–Trinajstić information content (AvgIpc) is 2.75. The van der Waals surface area contributed by atoms with Gasteiger partial charge in [-0.15, -0.1) is 0 Å². The molecular weight excluding hydrogens is 220 g/mol. The fraction of sp³-hybridized carbons (Fsp3) is 0.500. The molecule has 17 heavy (non-hydrogen) atoms. The maximum atomic E-state index is 5.65. The van der Waals surface area contributed by atoms with Crippen molar-refractivity contribution in [2.45, 2.75) is 6.92 Å². The van der Waals surface area contributed by atoms with Crippen LogP contribution in [0.2, 0.25) is 0 Å². The van der Waals surface area contributed by atoms with Gasteiger partial charge in [0.2, 0.25) is 5.95 Å². The van der Waals surface area contributed by atoms with Crippen LogP contribution in [0, 0.1) is 0 Å². The van der Waals surface area contributed by atoms with Crippen molar-refractivity contribution < 1.29 is 4.74 Å². The number of hydrogen-bond acceptors (Lipinski definition) is 6. The molecule has 7 heteroatoms. The van der Waals surface area contributed by atoms with Gasteiger partial charge in [0.25, 0.3) is 0 Å². The molecule has 0 aromatic carbocycles. The molecular formula is C10H16N6O. The predicted octanol–water partition coefficient (Wildman–Crippen LogP) is 0.408. The van der Waals surface area contributed by atoms with Crippen molar-refractivity contribution in [2.75, 3.05) is 37.4 Å². The quantitative estimate of drug-likeness (QED) is 0.730. The smallest absolute Gasteiger partial charge is 0.224 e. The van der Waals surface area contributed by atoms with Crippen LogP contribution < -0.4 is 10.6 Å². The monoisotopic (exact) mass is 236 g/mol. The minimum absolute atomic E-state index is 0.236. The van der Waals surface area contributed by atoms with Gasteiger partial charge in [-0.3, -0.25) is 5.10 Å². The van der Waals surface area contributed by atoms with Crippen molar-refractivity contribution in [1.29, 1.82) is 0 Å². The molecule has 3 N–H and O–H groups in total. The molecule has 2 aromatic heterocycles. The second kappa shape index (κ2) is 4.96. The molecule has 2 aromatic rings. The van der Waals surface area contributed by atoms with Crippen molar-refractivity contribution in [2.24, 2.45) is 0 Å². The van der Waals surface area contributed by atoms with Gasteiger partial charge in [0, 0.05) is 20.2 Å². The van der Waals surface area contributed by atoms with Crippen LogP contribution >= 0.6 is 0 Å². The lowest BCUT2D eigenvalue weighted by Gasteiger charge is -2.18. The minimum Gasteiger partial charge on any atom is -0.380 e. The Morgan fingerprint density at radius 3 is 3.06 bits per heavy atom. The second-order valence-electron chi connectivity index (χ2n) is 3.66. The molecule has 0 fully saturated rings. The number of aromatic nitrogens is 4. The molecule has 0 bridgehead atoms. The van der Waals surface area contributed by atoms with Crippen LogP contribution in [0.4, 0.5) is 11.8 Å². The van der Waals surface area contributed by atoms with Crippen LogP contribution in [0.5, 0.6) is 0 Å². The van der Waals surface area contributed by atoms with E-state index in [2.05, 4.69) is 20.2 Å². The molecule has 0 aliphatic heterocycles. The van der Waals surface area contributed by atoms with Crippen molar-refractivity contribution in [1.82, 2.24) is 20.2 Å². The highest BCUT2D eigenvalue weighted by atomic mass is 16.5. The second-order valence-corrected chi connectivity index (χ2v) is 3.66. The third kappa shape index (κ3) is 2.44. The van der Waals surface area contributed by atoms with E-state index in [9.17, 15) is 0 Å². The Kier molecular flexibility index (Phi) is 3.38. The standard InChI is InChI=1S/C10H16N6O/c1-3-17-5-4-16(2)9-7-6-12-15-8(7)13-10(11)14-9/h6H,3-5H2,1-2H3,(H3,11,12,13,14,15). The largest absolute Gasteiger partial charge is 0.380 e. The van der Waals surface area contributed by atoms with E-state index in [0.717, 1.165) is 17.7 Å². The number of ether oxygens (including phenoxy) is 1. The van der Waals surface area contributed by atoms with Crippen LogP contribution in [-0.4, -0.2) is 47.0 Å². The van der Waals surface area contributed by atoms with Gasteiger partial charge in [-0.05, 0) is 6.92 Å². The maximum absolute atomic E-state index is 5.65. The van der Waals surface area contributed by atoms with Gasteiger partial charge in [-0.2, -0.15) is 15.1 Å². The summed E-state index contributed by atoms with van der Waals surface area (Å²) in [6.07, 6.45) is 1.70. The molecule has 7 nitrogen and oxygen atoms in total. The molecule has 92 valence electrons. The van der Waals surface area contributed by atoms with E-state index in [1.54, 1.807) is 6.20 Å². The number of nitrogens with two attached hydrogens (primary N) is 1. The van der Waals surface area contributed by atoms with Gasteiger partial charge >= 0.3 is 0 Å². The highest BCUT2D eigenvalue weighted by Crippen LogP contribution is 2.21. The third-order valence-electron chi connectivity index (χ3n) is 2.44. The molecule has 0 saturated carbocycles. The summed E-state index contributed by atoms with van der Waals surface area (Å²) >= 11 is 0. The van der Waals surface area contributed by atoms with Crippen LogP contribution in [0.3, 0.4) is 0 Å². The topological polar surface area (TPSA) is 93.0 Å². The summed E-state index contributed by atoms with van der Waals surface area (Å²) in [5, 5.41) is 7.58. The van der Waals surface area contributed by atoms with Crippen molar-refractivity contribution in [3.63, 3.8) is 0 Å². The Morgan fingerprint density at radius 1 is 1.47 bits per heavy atom. The van der Waals surface area contributed by atoms with Crippen LogP contribution in [0.25, 0.3) is 11.0 Å². The normalized spacial score (nSPS) is 10.9. The Labute approximate surface area is 99.0 Å². The van der Waals surface area contributed by atoms with Gasteiger partial charge in [0.15, 0.2) is 5.65 Å². The van der Waals surface area contributed by atoms with E-state index in [-0.39, 0.29) is 5.95 Å². The third-order valence-corrected chi connectivity index (χ3v) is 2.44. The summed E-state index contributed by atoms with van der Waals surface area (Å²) < 4.78 is 5.31. The van der Waals surface area contributed by atoms with E-state index < -0.39 is 0 Å². The van der Waals surface area contributed by atoms with E-state index in [0.29, 0.717) is 18.9 Å². The number of nitrogens with one attached hydrogen (secondary N) is 1. The first-order valence-electron chi connectivity index (χ1n) is 5.48. The number of anilines is 2. The van der Waals surface area contributed by atoms with Gasteiger partial charge < -0.3 is 15.4 Å². The lowest BCUT2D eigenvalue weighted by atomic mass is 10.3. The SMILES string of the molecule is CCOCCN(C)c1nc(N)nc2[nH]ncc12. The number of hydrogen-bond donors (Lipinski definition) is 2. The molecule has 0 spiro atoms. The van der Waals surface area contributed by atoms with Crippen molar-refractivity contribution in [3.8, 4) is 0 Å². The van der Waals surface area contributed by atoms with E-state index in [4.69, 9.17) is 10.5 Å². The molecule has 0 radical (unpaired) electrons. The summed E-state index contributed by atoms with van der Waals surface area (Å²) in [7, 11) is 1.94. The van der Waals surface area contributed by atoms with Gasteiger partial charge in [-0.1, -0.05) is 0 Å². The highest BCUT2D eigenvalue weighted by Gasteiger charge is 2.11. The van der Waals surface area contributed by atoms with Crippen molar-refractivity contribution in [3.05, 3.63) is 6.20 Å². The lowest BCUT2D eigenvalue weighted by Crippen LogP contribution is -2.24. The number of rotatable bonds is 5. The summed E-state index contributed by atoms with van der Waals surface area (Å²) in [5.74, 6) is 1.00. The van der Waals surface area contributed by atoms with Crippen molar-refractivity contribution >= 4 is 22.8 Å². The molecule has 0 atom stereocenters. The van der Waals surface area contributed by atoms with Crippen LogP contribution in [-0.2, 0) is 4.74 Å². The average molecular weight is 236 g/mol. The van der Waals surface area contributed by atoms with Gasteiger partial charge in [0.1, 0.15) is 5.82 Å². The lowest BCUT2D eigenvalue weighted by molar-refractivity contribution is 0.154. The number of H-pyrrole nitrogens is 1. The molecule has 0 saturated heterocycles. The van der Waals surface area contributed by atoms with E-state index in [1.807, 2.05) is 18.9 Å². The first-order valence-corrected chi connectivity index (χ1v) is 5.48. The van der Waals surface area contributed by atoms with Crippen LogP contribution in [0.15, 0.2) is 6.20 Å². The van der Waals surface area contributed by atoms with Gasteiger partial charge in [-0.25, -0.2) is 0 Å². The molecule has 0 amide bonds. The fourth-order valence-corrected chi connectivity index (χ4v) is 1.58.